The zero-order valence-electron chi connectivity index (χ0n) is 33.9. The van der Waals surface area contributed by atoms with E-state index in [4.69, 9.17) is 29.8 Å². The summed E-state index contributed by atoms with van der Waals surface area (Å²) >= 11 is 0. The van der Waals surface area contributed by atoms with Crippen LogP contribution in [0.5, 0.6) is 0 Å². The van der Waals surface area contributed by atoms with Crippen LogP contribution in [0.1, 0.15) is 122 Å². The molecular formula is C39H71N5O13. The number of nitrogens with two attached hydrogens (primary N) is 1. The average molecular weight is 818 g/mol. The van der Waals surface area contributed by atoms with Crippen LogP contribution >= 0.6 is 0 Å². The van der Waals surface area contributed by atoms with Gasteiger partial charge in [0.25, 0.3) is 0 Å². The molecule has 0 saturated carbocycles. The van der Waals surface area contributed by atoms with Gasteiger partial charge in [-0.1, -0.05) is 64.2 Å². The maximum atomic E-state index is 12.3. The molecule has 0 radical (unpaired) electrons. The highest BCUT2D eigenvalue weighted by atomic mass is 16.5. The third-order valence-electron chi connectivity index (χ3n) is 8.65. The van der Waals surface area contributed by atoms with Gasteiger partial charge < -0.3 is 61.0 Å². The fourth-order valence-corrected chi connectivity index (χ4v) is 5.41. The molecule has 0 bridgehead atoms. The highest BCUT2D eigenvalue weighted by Gasteiger charge is 2.20. The molecular weight excluding hydrogens is 746 g/mol. The minimum absolute atomic E-state index is 0.0313. The molecule has 0 unspecified atom stereocenters. The smallest absolute Gasteiger partial charge is 0.326 e. The van der Waals surface area contributed by atoms with Gasteiger partial charge in [-0.15, -0.1) is 0 Å². The van der Waals surface area contributed by atoms with Gasteiger partial charge >= 0.3 is 11.9 Å². The summed E-state index contributed by atoms with van der Waals surface area (Å²) in [6.45, 7) is 2.02. The first-order chi connectivity index (χ1) is 27.5. The van der Waals surface area contributed by atoms with Crippen LogP contribution in [-0.4, -0.2) is 137 Å². The quantitative estimate of drug-likeness (QED) is 0.0343. The lowest BCUT2D eigenvalue weighted by molar-refractivity contribution is -0.142. The normalized spacial score (nSPS) is 12.0. The Morgan fingerprint density at radius 3 is 1.44 bits per heavy atom. The van der Waals surface area contributed by atoms with E-state index in [2.05, 4.69) is 21.3 Å². The number of hydrogen-bond acceptors (Lipinski definition) is 12. The van der Waals surface area contributed by atoms with Gasteiger partial charge in [-0.3, -0.25) is 24.0 Å². The van der Waals surface area contributed by atoms with Crippen LogP contribution in [0.15, 0.2) is 0 Å². The third-order valence-corrected chi connectivity index (χ3v) is 8.65. The number of rotatable bonds is 42. The van der Waals surface area contributed by atoms with E-state index in [1.807, 2.05) is 0 Å². The van der Waals surface area contributed by atoms with Gasteiger partial charge in [0.1, 0.15) is 25.5 Å². The first kappa shape index (κ1) is 53.3. The molecule has 4 amide bonds. The van der Waals surface area contributed by atoms with Crippen molar-refractivity contribution >= 4 is 41.9 Å². The molecule has 0 aliphatic heterocycles. The maximum absolute atomic E-state index is 12.3. The Labute approximate surface area is 337 Å². The van der Waals surface area contributed by atoms with Crippen LogP contribution in [0.4, 0.5) is 0 Å². The van der Waals surface area contributed by atoms with Crippen molar-refractivity contribution in [2.75, 3.05) is 72.5 Å². The fourth-order valence-electron chi connectivity index (χ4n) is 5.41. The summed E-state index contributed by atoms with van der Waals surface area (Å²) in [6.07, 6.45) is 15.5. The molecule has 8 N–H and O–H groups in total. The summed E-state index contributed by atoms with van der Waals surface area (Å²) in [4.78, 5) is 80.6. The van der Waals surface area contributed by atoms with E-state index < -0.39 is 24.0 Å². The highest BCUT2D eigenvalue weighted by Crippen LogP contribution is 2.13. The number of aliphatic carboxylic acids is 2. The van der Waals surface area contributed by atoms with E-state index in [-0.39, 0.29) is 115 Å². The zero-order chi connectivity index (χ0) is 42.2. The Hall–Kier alpha value is -3.71. The molecule has 0 aliphatic rings. The Balaban J connectivity index is 3.65. The zero-order valence-corrected chi connectivity index (χ0v) is 33.9. The van der Waals surface area contributed by atoms with Gasteiger partial charge in [-0.05, 0) is 38.5 Å². The summed E-state index contributed by atoms with van der Waals surface area (Å²) in [5.41, 5.74) is 5.50. The van der Waals surface area contributed by atoms with Crippen molar-refractivity contribution < 1.29 is 62.7 Å². The lowest BCUT2D eigenvalue weighted by Gasteiger charge is -2.14. The molecule has 57 heavy (non-hydrogen) atoms. The topological polar surface area (TPSA) is 271 Å². The predicted octanol–water partition coefficient (Wildman–Crippen LogP) is 1.99. The summed E-state index contributed by atoms with van der Waals surface area (Å²) in [6, 6.07) is -1.61. The van der Waals surface area contributed by atoms with Gasteiger partial charge in [0.15, 0.2) is 0 Å². The van der Waals surface area contributed by atoms with Crippen molar-refractivity contribution in [2.24, 2.45) is 5.73 Å². The van der Waals surface area contributed by atoms with Crippen molar-refractivity contribution in [1.29, 1.82) is 0 Å². The van der Waals surface area contributed by atoms with Gasteiger partial charge in [0.2, 0.25) is 23.6 Å². The van der Waals surface area contributed by atoms with Crippen molar-refractivity contribution in [3.8, 4) is 0 Å². The lowest BCUT2D eigenvalue weighted by Crippen LogP contribution is -2.41. The molecule has 18 heteroatoms. The molecule has 0 fully saturated rings. The van der Waals surface area contributed by atoms with E-state index in [1.54, 1.807) is 0 Å². The second kappa shape index (κ2) is 39.1. The number of carbonyl (C=O) groups is 7. The molecule has 2 atom stereocenters. The van der Waals surface area contributed by atoms with Gasteiger partial charge in [-0.25, -0.2) is 4.79 Å². The molecule has 0 aromatic rings. The number of ether oxygens (including phenoxy) is 4. The van der Waals surface area contributed by atoms with Crippen LogP contribution in [0.3, 0.4) is 0 Å². The second-order valence-corrected chi connectivity index (χ2v) is 13.8. The van der Waals surface area contributed by atoms with Crippen molar-refractivity contribution in [3.63, 3.8) is 0 Å². The monoisotopic (exact) mass is 818 g/mol. The van der Waals surface area contributed by atoms with Crippen LogP contribution < -0.4 is 27.0 Å². The Morgan fingerprint density at radius 1 is 0.491 bits per heavy atom. The van der Waals surface area contributed by atoms with Crippen LogP contribution in [0.2, 0.25) is 0 Å². The molecule has 0 aliphatic carbocycles. The van der Waals surface area contributed by atoms with E-state index >= 15 is 0 Å². The summed E-state index contributed by atoms with van der Waals surface area (Å²) in [5.74, 6) is -3.18. The van der Waals surface area contributed by atoms with Gasteiger partial charge in [-0.2, -0.15) is 0 Å². The number of carboxylic acid groups (broad SMARTS) is 2. The minimum atomic E-state index is -1.19. The molecule has 0 saturated heterocycles. The standard InChI is InChI=1S/C39H71N5O13/c40-32(29-45)15-13-14-20-41-36(48)30-56-27-26-55-24-22-43-37(49)31-57-28-25-54-23-21-42-34(46)19-18-33(39(52)53)44-35(47)16-11-9-7-5-3-1-2-4-6-8-10-12-17-38(50)51/h29,32-33H,1-28,30-31,40H2,(H,41,48)(H,42,46)(H,43,49)(H,44,47)(H,50,51)(H,52,53)/t32-,33-/m0/s1. The fraction of sp³-hybridized carbons (Fsp3) is 0.821. The molecule has 0 heterocycles. The number of amides is 4. The van der Waals surface area contributed by atoms with Gasteiger partial charge in [0.05, 0.1) is 45.7 Å². The number of carbonyl (C=O) groups excluding carboxylic acids is 5. The second-order valence-electron chi connectivity index (χ2n) is 13.8. The van der Waals surface area contributed by atoms with Crippen molar-refractivity contribution in [2.45, 2.75) is 134 Å². The van der Waals surface area contributed by atoms with Crippen molar-refractivity contribution in [3.05, 3.63) is 0 Å². The largest absolute Gasteiger partial charge is 0.481 e. The molecule has 18 nitrogen and oxygen atoms in total. The summed E-state index contributed by atoms with van der Waals surface area (Å²) in [5, 5.41) is 28.7. The number of aldehydes is 1. The number of carboxylic acids is 2. The Morgan fingerprint density at radius 2 is 0.947 bits per heavy atom. The molecule has 0 rings (SSSR count). The molecule has 0 aromatic heterocycles. The third kappa shape index (κ3) is 38.9. The SMILES string of the molecule is N[C@H](C=O)CCCCNC(=O)COCCOCCNC(=O)COCCOCCNC(=O)CC[C@H](NC(=O)CCCCCCCCCCCCCCC(=O)O)C(=O)O. The van der Waals surface area contributed by atoms with Crippen molar-refractivity contribution in [1.82, 2.24) is 21.3 Å². The highest BCUT2D eigenvalue weighted by molar-refractivity contribution is 5.84. The number of unbranched alkanes of at least 4 members (excludes halogenated alkanes) is 12. The first-order valence-electron chi connectivity index (χ1n) is 20.6. The van der Waals surface area contributed by atoms with Crippen LogP contribution in [0, 0.1) is 0 Å². The van der Waals surface area contributed by atoms with E-state index in [9.17, 15) is 38.7 Å². The van der Waals surface area contributed by atoms with Gasteiger partial charge in [0, 0.05) is 38.9 Å². The molecule has 0 aromatic carbocycles. The number of hydrogen-bond donors (Lipinski definition) is 7. The maximum Gasteiger partial charge on any atom is 0.326 e. The first-order valence-corrected chi connectivity index (χ1v) is 20.6. The Bertz CT molecular complexity index is 1100. The van der Waals surface area contributed by atoms with Crippen LogP contribution in [0.25, 0.3) is 0 Å². The van der Waals surface area contributed by atoms with E-state index in [1.165, 1.54) is 19.3 Å². The Kier molecular flexibility index (Phi) is 36.6. The van der Waals surface area contributed by atoms with E-state index in [0.717, 1.165) is 64.2 Å². The summed E-state index contributed by atoms with van der Waals surface area (Å²) < 4.78 is 21.2. The summed E-state index contributed by atoms with van der Waals surface area (Å²) in [7, 11) is 0. The molecule has 0 spiro atoms. The lowest BCUT2D eigenvalue weighted by atomic mass is 10.0. The predicted molar refractivity (Wildman–Crippen MR) is 211 cm³/mol. The van der Waals surface area contributed by atoms with E-state index in [0.29, 0.717) is 25.7 Å². The minimum Gasteiger partial charge on any atom is -0.481 e. The number of nitrogens with one attached hydrogen (secondary N) is 4. The molecule has 330 valence electrons. The average Bonchev–Trinajstić information content (AvgIpc) is 3.17. The van der Waals surface area contributed by atoms with Crippen LogP contribution in [-0.2, 0) is 52.5 Å².